The van der Waals surface area contributed by atoms with Gasteiger partial charge < -0.3 is 14.9 Å². The van der Waals surface area contributed by atoms with Gasteiger partial charge in [0.1, 0.15) is 23.9 Å². The number of nitrogens with one attached hydrogen (secondary N) is 1. The fourth-order valence-corrected chi connectivity index (χ4v) is 3.37. The van der Waals surface area contributed by atoms with Crippen LogP contribution in [0.3, 0.4) is 0 Å². The first-order valence-corrected chi connectivity index (χ1v) is 10.0. The molecule has 0 aliphatic heterocycles. The summed E-state index contributed by atoms with van der Waals surface area (Å²) in [5.74, 6) is 1.27. The summed E-state index contributed by atoms with van der Waals surface area (Å²) in [6.07, 6.45) is 1.78. The Morgan fingerprint density at radius 2 is 1.65 bits per heavy atom. The lowest BCUT2D eigenvalue weighted by atomic mass is 10.0. The summed E-state index contributed by atoms with van der Waals surface area (Å²) in [5.41, 5.74) is 5.89. The molecule has 0 saturated carbocycles. The second kappa shape index (κ2) is 9.76. The Balaban J connectivity index is 1.54. The number of halogens is 1. The summed E-state index contributed by atoms with van der Waals surface area (Å²) < 4.78 is 24.6. The van der Waals surface area contributed by atoms with Crippen molar-refractivity contribution < 1.29 is 13.9 Å². The van der Waals surface area contributed by atoms with Crippen molar-refractivity contribution in [1.82, 2.24) is 5.43 Å². The number of rotatable bonds is 8. The van der Waals surface area contributed by atoms with Gasteiger partial charge in [-0.15, -0.1) is 0 Å². The Bertz CT molecular complexity index is 1190. The zero-order valence-electron chi connectivity index (χ0n) is 17.2. The maximum absolute atomic E-state index is 13.2. The first-order chi connectivity index (χ1) is 15.2. The number of para-hydroxylation sites is 1. The van der Waals surface area contributed by atoms with Gasteiger partial charge in [0, 0.05) is 11.1 Å². The molecule has 156 valence electrons. The van der Waals surface area contributed by atoms with Crippen LogP contribution in [0, 0.1) is 5.82 Å². The Morgan fingerprint density at radius 1 is 0.871 bits per heavy atom. The lowest BCUT2D eigenvalue weighted by Crippen LogP contribution is -2.07. The maximum atomic E-state index is 13.2. The maximum Gasteiger partial charge on any atom is 0.129 e. The molecular formula is C26H23FN2O2. The van der Waals surface area contributed by atoms with Gasteiger partial charge in [-0.25, -0.2) is 4.39 Å². The second-order valence-electron chi connectivity index (χ2n) is 7.02. The number of methoxy groups -OCH3 is 1. The standard InChI is InChI=1S/C26H23FN2O2/c1-30-25-9-5-3-7-21(25)16-28-29-17-24-23-8-4-2-6-20(23)12-15-26(24)31-18-19-10-13-22(27)14-11-19/h2-15,17,28H,16,18H2,1H3/b29-17+. The van der Waals surface area contributed by atoms with E-state index in [1.54, 1.807) is 25.5 Å². The Morgan fingerprint density at radius 3 is 2.48 bits per heavy atom. The van der Waals surface area contributed by atoms with Crippen molar-refractivity contribution in [1.29, 1.82) is 0 Å². The molecule has 0 spiro atoms. The first-order valence-electron chi connectivity index (χ1n) is 10.0. The van der Waals surface area contributed by atoms with E-state index in [2.05, 4.69) is 16.6 Å². The molecule has 5 heteroatoms. The van der Waals surface area contributed by atoms with Gasteiger partial charge in [-0.2, -0.15) is 5.10 Å². The fraction of sp³-hybridized carbons (Fsp3) is 0.115. The number of hydrogen-bond acceptors (Lipinski definition) is 4. The first kappa shape index (κ1) is 20.4. The smallest absolute Gasteiger partial charge is 0.129 e. The van der Waals surface area contributed by atoms with Crippen molar-refractivity contribution in [3.05, 3.63) is 107 Å². The van der Waals surface area contributed by atoms with E-state index in [-0.39, 0.29) is 5.82 Å². The van der Waals surface area contributed by atoms with Crippen LogP contribution in [0.25, 0.3) is 10.8 Å². The van der Waals surface area contributed by atoms with Crippen LogP contribution in [0.1, 0.15) is 16.7 Å². The number of ether oxygens (including phenoxy) is 2. The molecule has 0 aliphatic rings. The molecule has 31 heavy (non-hydrogen) atoms. The summed E-state index contributed by atoms with van der Waals surface area (Å²) in [6.45, 7) is 0.880. The van der Waals surface area contributed by atoms with Crippen LogP contribution in [0.4, 0.5) is 4.39 Å². The van der Waals surface area contributed by atoms with Crippen LogP contribution in [0.15, 0.2) is 90.0 Å². The van der Waals surface area contributed by atoms with Crippen molar-refractivity contribution >= 4 is 17.0 Å². The van der Waals surface area contributed by atoms with Crippen LogP contribution >= 0.6 is 0 Å². The van der Waals surface area contributed by atoms with Gasteiger partial charge in [0.2, 0.25) is 0 Å². The van der Waals surface area contributed by atoms with Gasteiger partial charge >= 0.3 is 0 Å². The molecular weight excluding hydrogens is 391 g/mol. The highest BCUT2D eigenvalue weighted by Gasteiger charge is 2.08. The minimum absolute atomic E-state index is 0.261. The molecule has 0 fully saturated rings. The van der Waals surface area contributed by atoms with Crippen molar-refractivity contribution in [2.45, 2.75) is 13.2 Å². The summed E-state index contributed by atoms with van der Waals surface area (Å²) >= 11 is 0. The van der Waals surface area contributed by atoms with Crippen LogP contribution in [-0.4, -0.2) is 13.3 Å². The zero-order chi connectivity index (χ0) is 21.5. The topological polar surface area (TPSA) is 42.8 Å². The number of nitrogens with zero attached hydrogens (tertiary/aromatic N) is 1. The van der Waals surface area contributed by atoms with Crippen molar-refractivity contribution in [2.75, 3.05) is 7.11 Å². The molecule has 0 saturated heterocycles. The average molecular weight is 414 g/mol. The average Bonchev–Trinajstić information content (AvgIpc) is 2.82. The van der Waals surface area contributed by atoms with E-state index in [0.717, 1.165) is 33.2 Å². The molecule has 0 bridgehead atoms. The van der Waals surface area contributed by atoms with Crippen LogP contribution < -0.4 is 14.9 Å². The van der Waals surface area contributed by atoms with Crippen LogP contribution in [-0.2, 0) is 13.2 Å². The molecule has 4 rings (SSSR count). The monoisotopic (exact) mass is 414 g/mol. The van der Waals surface area contributed by atoms with E-state index >= 15 is 0 Å². The normalized spacial score (nSPS) is 11.0. The van der Waals surface area contributed by atoms with Gasteiger partial charge in [0.25, 0.3) is 0 Å². The molecule has 0 heterocycles. The van der Waals surface area contributed by atoms with Gasteiger partial charge in [-0.1, -0.05) is 60.7 Å². The molecule has 0 amide bonds. The zero-order valence-corrected chi connectivity index (χ0v) is 17.2. The third-order valence-corrected chi connectivity index (χ3v) is 4.99. The largest absolute Gasteiger partial charge is 0.496 e. The van der Waals surface area contributed by atoms with Crippen LogP contribution in [0.2, 0.25) is 0 Å². The van der Waals surface area contributed by atoms with E-state index in [9.17, 15) is 4.39 Å². The van der Waals surface area contributed by atoms with Crippen molar-refractivity contribution in [3.63, 3.8) is 0 Å². The van der Waals surface area contributed by atoms with E-state index < -0.39 is 0 Å². The Hall–Kier alpha value is -3.86. The third kappa shape index (κ3) is 5.01. The molecule has 0 atom stereocenters. The number of fused-ring (bicyclic) bond motifs is 1. The predicted octanol–water partition coefficient (Wildman–Crippen LogP) is 5.69. The molecule has 0 aliphatic carbocycles. The molecule has 1 N–H and O–H groups in total. The fourth-order valence-electron chi connectivity index (χ4n) is 3.37. The lowest BCUT2D eigenvalue weighted by Gasteiger charge is -2.12. The molecule has 4 aromatic carbocycles. The second-order valence-corrected chi connectivity index (χ2v) is 7.02. The summed E-state index contributed by atoms with van der Waals surface area (Å²) in [4.78, 5) is 0. The quantitative estimate of drug-likeness (QED) is 0.297. The molecule has 0 radical (unpaired) electrons. The SMILES string of the molecule is COc1ccccc1CN/N=C/c1c(OCc2ccc(F)cc2)ccc2ccccc12. The van der Waals surface area contributed by atoms with Crippen molar-refractivity contribution in [3.8, 4) is 11.5 Å². The van der Waals surface area contributed by atoms with E-state index in [4.69, 9.17) is 9.47 Å². The number of benzene rings is 4. The van der Waals surface area contributed by atoms with Crippen LogP contribution in [0.5, 0.6) is 11.5 Å². The van der Waals surface area contributed by atoms with Gasteiger partial charge in [0.15, 0.2) is 0 Å². The highest BCUT2D eigenvalue weighted by atomic mass is 19.1. The third-order valence-electron chi connectivity index (χ3n) is 4.99. The highest BCUT2D eigenvalue weighted by molar-refractivity contribution is 6.02. The predicted molar refractivity (Wildman–Crippen MR) is 122 cm³/mol. The van der Waals surface area contributed by atoms with E-state index in [0.29, 0.717) is 18.9 Å². The molecule has 0 unspecified atom stereocenters. The van der Waals surface area contributed by atoms with Crippen molar-refractivity contribution in [2.24, 2.45) is 5.10 Å². The highest BCUT2D eigenvalue weighted by Crippen LogP contribution is 2.27. The minimum Gasteiger partial charge on any atom is -0.496 e. The molecule has 4 nitrogen and oxygen atoms in total. The lowest BCUT2D eigenvalue weighted by molar-refractivity contribution is 0.306. The van der Waals surface area contributed by atoms with E-state index in [1.807, 2.05) is 54.6 Å². The summed E-state index contributed by atoms with van der Waals surface area (Å²) in [6, 6.07) is 26.2. The summed E-state index contributed by atoms with van der Waals surface area (Å²) in [7, 11) is 1.66. The summed E-state index contributed by atoms with van der Waals surface area (Å²) in [5, 5.41) is 6.57. The van der Waals surface area contributed by atoms with Gasteiger partial charge in [-0.3, -0.25) is 0 Å². The Labute approximate surface area is 180 Å². The number of hydrogen-bond donors (Lipinski definition) is 1. The Kier molecular flexibility index (Phi) is 6.43. The minimum atomic E-state index is -0.261. The van der Waals surface area contributed by atoms with Gasteiger partial charge in [-0.05, 0) is 40.6 Å². The molecule has 4 aromatic rings. The van der Waals surface area contributed by atoms with Gasteiger partial charge in [0.05, 0.1) is 19.9 Å². The van der Waals surface area contributed by atoms with E-state index in [1.165, 1.54) is 12.1 Å². The number of hydrazone groups is 1. The molecule has 0 aromatic heterocycles.